The maximum absolute atomic E-state index is 12.3. The van der Waals surface area contributed by atoms with Crippen molar-refractivity contribution in [3.05, 3.63) is 34.9 Å². The molecule has 17 heavy (non-hydrogen) atoms. The van der Waals surface area contributed by atoms with Gasteiger partial charge in [0.05, 0.1) is 16.7 Å². The summed E-state index contributed by atoms with van der Waals surface area (Å²) in [7, 11) is 0. The number of nitrogens with zero attached hydrogens (tertiary/aromatic N) is 2. The molecule has 1 aromatic carbocycles. The minimum absolute atomic E-state index is 0.137. The molecule has 0 N–H and O–H groups in total. The summed E-state index contributed by atoms with van der Waals surface area (Å²) in [6.45, 7) is 0.641. The molecule has 2 rings (SSSR count). The van der Waals surface area contributed by atoms with E-state index in [-0.39, 0.29) is 11.9 Å². The van der Waals surface area contributed by atoms with Crippen LogP contribution < -0.4 is 0 Å². The molecule has 0 saturated carbocycles. The molecule has 0 bridgehead atoms. The van der Waals surface area contributed by atoms with Crippen LogP contribution in [-0.2, 0) is 0 Å². The molecule has 4 heteroatoms. The topological polar surface area (TPSA) is 44.1 Å². The van der Waals surface area contributed by atoms with Crippen molar-refractivity contribution in [1.29, 1.82) is 5.26 Å². The van der Waals surface area contributed by atoms with Crippen molar-refractivity contribution in [2.75, 3.05) is 6.54 Å². The average molecular weight is 249 g/mol. The summed E-state index contributed by atoms with van der Waals surface area (Å²) in [5.41, 5.74) is 0.483. The van der Waals surface area contributed by atoms with Gasteiger partial charge < -0.3 is 4.90 Å². The smallest absolute Gasteiger partial charge is 0.256 e. The fourth-order valence-corrected chi connectivity index (χ4v) is 2.31. The number of nitriles is 1. The highest BCUT2D eigenvalue weighted by Crippen LogP contribution is 2.22. The van der Waals surface area contributed by atoms with Crippen LogP contribution in [0.4, 0.5) is 0 Å². The van der Waals surface area contributed by atoms with E-state index >= 15 is 0 Å². The highest BCUT2D eigenvalue weighted by molar-refractivity contribution is 6.33. The molecule has 1 saturated heterocycles. The summed E-state index contributed by atoms with van der Waals surface area (Å²) >= 11 is 6.00. The Morgan fingerprint density at radius 1 is 1.41 bits per heavy atom. The number of likely N-dealkylation sites (tertiary alicyclic amines) is 1. The zero-order chi connectivity index (χ0) is 12.3. The van der Waals surface area contributed by atoms with E-state index in [0.717, 1.165) is 19.3 Å². The van der Waals surface area contributed by atoms with E-state index in [1.807, 2.05) is 0 Å². The van der Waals surface area contributed by atoms with E-state index in [1.54, 1.807) is 29.2 Å². The van der Waals surface area contributed by atoms with Gasteiger partial charge in [0.2, 0.25) is 0 Å². The lowest BCUT2D eigenvalue weighted by Gasteiger charge is -2.31. The number of benzene rings is 1. The first-order valence-electron chi connectivity index (χ1n) is 5.69. The molecule has 1 amide bonds. The third kappa shape index (κ3) is 2.42. The molecule has 0 spiro atoms. The number of piperidine rings is 1. The van der Waals surface area contributed by atoms with Crippen LogP contribution >= 0.6 is 11.6 Å². The van der Waals surface area contributed by atoms with E-state index in [2.05, 4.69) is 6.07 Å². The van der Waals surface area contributed by atoms with Crippen LogP contribution in [0.25, 0.3) is 0 Å². The Balaban J connectivity index is 2.25. The van der Waals surface area contributed by atoms with Crippen LogP contribution in [0, 0.1) is 11.3 Å². The van der Waals surface area contributed by atoms with Crippen LogP contribution in [-0.4, -0.2) is 23.4 Å². The molecule has 1 unspecified atom stereocenters. The minimum Gasteiger partial charge on any atom is -0.323 e. The third-order valence-electron chi connectivity index (χ3n) is 3.02. The van der Waals surface area contributed by atoms with Crippen molar-refractivity contribution < 1.29 is 4.79 Å². The van der Waals surface area contributed by atoms with Crippen LogP contribution in [0.1, 0.15) is 29.6 Å². The summed E-state index contributed by atoms with van der Waals surface area (Å²) in [6, 6.07) is 8.84. The molecule has 1 fully saturated rings. The molecule has 1 atom stereocenters. The number of halogens is 1. The van der Waals surface area contributed by atoms with Crippen molar-refractivity contribution in [3.8, 4) is 6.07 Å². The summed E-state index contributed by atoms with van der Waals surface area (Å²) in [4.78, 5) is 13.9. The second kappa shape index (κ2) is 5.20. The van der Waals surface area contributed by atoms with Crippen LogP contribution in [0.15, 0.2) is 24.3 Å². The first kappa shape index (κ1) is 11.9. The lowest BCUT2D eigenvalue weighted by molar-refractivity contribution is 0.0671. The summed E-state index contributed by atoms with van der Waals surface area (Å²) in [5, 5.41) is 9.49. The lowest BCUT2D eigenvalue weighted by Crippen LogP contribution is -2.43. The summed E-state index contributed by atoms with van der Waals surface area (Å²) in [6.07, 6.45) is 2.71. The zero-order valence-corrected chi connectivity index (χ0v) is 10.2. The Bertz CT molecular complexity index is 467. The van der Waals surface area contributed by atoms with Gasteiger partial charge in [-0.3, -0.25) is 4.79 Å². The molecule has 0 radical (unpaired) electrons. The number of amides is 1. The third-order valence-corrected chi connectivity index (χ3v) is 3.35. The van der Waals surface area contributed by atoms with Gasteiger partial charge in [0.25, 0.3) is 5.91 Å². The molecular weight excluding hydrogens is 236 g/mol. The predicted octanol–water partition coefficient (Wildman–Crippen LogP) is 2.86. The van der Waals surface area contributed by atoms with Crippen molar-refractivity contribution >= 4 is 17.5 Å². The summed E-state index contributed by atoms with van der Waals surface area (Å²) < 4.78 is 0. The maximum atomic E-state index is 12.3. The first-order chi connectivity index (χ1) is 8.24. The lowest BCUT2D eigenvalue weighted by atomic mass is 10.0. The minimum atomic E-state index is -0.312. The molecular formula is C13H13ClN2O. The van der Waals surface area contributed by atoms with Crippen molar-refractivity contribution in [1.82, 2.24) is 4.90 Å². The van der Waals surface area contributed by atoms with E-state index < -0.39 is 0 Å². The largest absolute Gasteiger partial charge is 0.323 e. The molecule has 0 aromatic heterocycles. The van der Waals surface area contributed by atoms with Gasteiger partial charge in [-0.2, -0.15) is 5.26 Å². The molecule has 1 aromatic rings. The van der Waals surface area contributed by atoms with Gasteiger partial charge in [0.15, 0.2) is 0 Å². The SMILES string of the molecule is N#CC1CCCCN1C(=O)c1ccccc1Cl. The van der Waals surface area contributed by atoms with Crippen molar-refractivity contribution in [2.24, 2.45) is 0 Å². The van der Waals surface area contributed by atoms with Gasteiger partial charge in [0.1, 0.15) is 6.04 Å². The number of hydrogen-bond acceptors (Lipinski definition) is 2. The van der Waals surface area contributed by atoms with Gasteiger partial charge >= 0.3 is 0 Å². The van der Waals surface area contributed by atoms with E-state index in [4.69, 9.17) is 16.9 Å². The Morgan fingerprint density at radius 3 is 2.88 bits per heavy atom. The van der Waals surface area contributed by atoms with Crippen LogP contribution in [0.5, 0.6) is 0 Å². The van der Waals surface area contributed by atoms with Gasteiger partial charge in [-0.05, 0) is 31.4 Å². The molecule has 88 valence electrons. The normalized spacial score (nSPS) is 19.8. The second-order valence-corrected chi connectivity index (χ2v) is 4.53. The quantitative estimate of drug-likeness (QED) is 0.767. The van der Waals surface area contributed by atoms with E-state index in [9.17, 15) is 4.79 Å². The van der Waals surface area contributed by atoms with Crippen LogP contribution in [0.3, 0.4) is 0 Å². The van der Waals surface area contributed by atoms with Gasteiger partial charge in [-0.15, -0.1) is 0 Å². The monoisotopic (exact) mass is 248 g/mol. The van der Waals surface area contributed by atoms with Crippen molar-refractivity contribution in [3.63, 3.8) is 0 Å². The van der Waals surface area contributed by atoms with E-state index in [1.165, 1.54) is 0 Å². The summed E-state index contributed by atoms with van der Waals surface area (Å²) in [5.74, 6) is -0.137. The molecule has 0 aliphatic carbocycles. The highest BCUT2D eigenvalue weighted by atomic mass is 35.5. The standard InChI is InChI=1S/C13H13ClN2O/c14-12-7-2-1-6-11(12)13(17)16-8-4-3-5-10(16)9-15/h1-2,6-7,10H,3-5,8H2. The number of hydrogen-bond donors (Lipinski definition) is 0. The highest BCUT2D eigenvalue weighted by Gasteiger charge is 2.28. The molecule has 1 aliphatic heterocycles. The fraction of sp³-hybridized carbons (Fsp3) is 0.385. The van der Waals surface area contributed by atoms with Crippen LogP contribution in [0.2, 0.25) is 5.02 Å². The Morgan fingerprint density at radius 2 is 2.18 bits per heavy atom. The Labute approximate surface area is 106 Å². The van der Waals surface area contributed by atoms with Crippen molar-refractivity contribution in [2.45, 2.75) is 25.3 Å². The Kier molecular flexibility index (Phi) is 3.65. The number of rotatable bonds is 1. The maximum Gasteiger partial charge on any atom is 0.256 e. The van der Waals surface area contributed by atoms with E-state index in [0.29, 0.717) is 17.1 Å². The second-order valence-electron chi connectivity index (χ2n) is 4.12. The Hall–Kier alpha value is -1.53. The first-order valence-corrected chi connectivity index (χ1v) is 6.07. The number of carbonyl (C=O) groups is 1. The van der Waals surface area contributed by atoms with Gasteiger partial charge in [0, 0.05) is 6.54 Å². The molecule has 3 nitrogen and oxygen atoms in total. The molecule has 1 aliphatic rings. The average Bonchev–Trinajstić information content (AvgIpc) is 2.38. The zero-order valence-electron chi connectivity index (χ0n) is 9.40. The van der Waals surface area contributed by atoms with Gasteiger partial charge in [-0.25, -0.2) is 0 Å². The predicted molar refractivity (Wildman–Crippen MR) is 65.7 cm³/mol. The fourth-order valence-electron chi connectivity index (χ4n) is 2.10. The van der Waals surface area contributed by atoms with Gasteiger partial charge in [-0.1, -0.05) is 23.7 Å². The number of carbonyl (C=O) groups excluding carboxylic acids is 1. The molecule has 1 heterocycles.